The maximum Gasteiger partial charge on any atom is 0.261 e. The van der Waals surface area contributed by atoms with Gasteiger partial charge >= 0.3 is 0 Å². The first-order valence-corrected chi connectivity index (χ1v) is 9.46. The average Bonchev–Trinajstić information content (AvgIpc) is 3.25. The zero-order valence-corrected chi connectivity index (χ0v) is 14.8. The van der Waals surface area contributed by atoms with E-state index in [1.54, 1.807) is 11.3 Å². The van der Waals surface area contributed by atoms with Crippen molar-refractivity contribution in [3.05, 3.63) is 44.8 Å². The molecular formula is C16H22N4OS2. The Bertz CT molecular complexity index is 594. The van der Waals surface area contributed by atoms with Gasteiger partial charge in [-0.05, 0) is 47.2 Å². The number of carbonyl (C=O) groups is 1. The van der Waals surface area contributed by atoms with E-state index in [9.17, 15) is 4.79 Å². The van der Waals surface area contributed by atoms with Gasteiger partial charge in [0.15, 0.2) is 5.96 Å². The number of nitrogens with one attached hydrogen (secondary N) is 3. The monoisotopic (exact) mass is 350 g/mol. The predicted octanol–water partition coefficient (Wildman–Crippen LogP) is 2.68. The molecule has 0 radical (unpaired) electrons. The van der Waals surface area contributed by atoms with E-state index >= 15 is 0 Å². The number of amides is 1. The van der Waals surface area contributed by atoms with Gasteiger partial charge in [-0.2, -0.15) is 11.3 Å². The van der Waals surface area contributed by atoms with Gasteiger partial charge in [0, 0.05) is 19.6 Å². The van der Waals surface area contributed by atoms with Crippen molar-refractivity contribution in [3.63, 3.8) is 0 Å². The average molecular weight is 351 g/mol. The summed E-state index contributed by atoms with van der Waals surface area (Å²) in [5, 5.41) is 15.5. The van der Waals surface area contributed by atoms with Crippen molar-refractivity contribution in [3.8, 4) is 0 Å². The molecule has 7 heteroatoms. The number of rotatable bonds is 8. The van der Waals surface area contributed by atoms with E-state index in [1.807, 2.05) is 24.4 Å². The Morgan fingerprint density at radius 1 is 1.17 bits per heavy atom. The number of hydrogen-bond donors (Lipinski definition) is 3. The lowest BCUT2D eigenvalue weighted by molar-refractivity contribution is 0.0957. The summed E-state index contributed by atoms with van der Waals surface area (Å²) in [5.74, 6) is 0.807. The van der Waals surface area contributed by atoms with Crippen molar-refractivity contribution < 1.29 is 4.79 Å². The lowest BCUT2D eigenvalue weighted by Crippen LogP contribution is -2.38. The van der Waals surface area contributed by atoms with Crippen LogP contribution in [0, 0.1) is 0 Å². The molecule has 5 nitrogen and oxygen atoms in total. The highest BCUT2D eigenvalue weighted by atomic mass is 32.1. The number of aliphatic imine (C=N–C) groups is 1. The summed E-state index contributed by atoms with van der Waals surface area (Å²) >= 11 is 3.14. The molecule has 0 aliphatic carbocycles. The van der Waals surface area contributed by atoms with Crippen molar-refractivity contribution in [2.45, 2.75) is 19.9 Å². The van der Waals surface area contributed by atoms with Crippen LogP contribution in [0.15, 0.2) is 39.3 Å². The molecule has 0 bridgehead atoms. The second-order valence-corrected chi connectivity index (χ2v) is 6.57. The van der Waals surface area contributed by atoms with E-state index in [4.69, 9.17) is 0 Å². The molecular weight excluding hydrogens is 328 g/mol. The van der Waals surface area contributed by atoms with Crippen LogP contribution < -0.4 is 16.0 Å². The highest BCUT2D eigenvalue weighted by molar-refractivity contribution is 7.12. The standard InChI is InChI=1S/C16H22N4OS2/c1-2-17-16(20-11-13-6-10-22-12-13)19-8-4-7-18-15(21)14-5-3-9-23-14/h3,5-6,9-10,12H,2,4,7-8,11H2,1H3,(H,18,21)(H2,17,19,20). The van der Waals surface area contributed by atoms with Crippen LogP contribution in [-0.4, -0.2) is 31.5 Å². The van der Waals surface area contributed by atoms with E-state index in [2.05, 4.69) is 37.8 Å². The molecule has 23 heavy (non-hydrogen) atoms. The second kappa shape index (κ2) is 10.0. The summed E-state index contributed by atoms with van der Waals surface area (Å²) < 4.78 is 0. The van der Waals surface area contributed by atoms with Crippen LogP contribution in [-0.2, 0) is 6.54 Å². The van der Waals surface area contributed by atoms with Crippen LogP contribution in [0.1, 0.15) is 28.6 Å². The maximum absolute atomic E-state index is 11.8. The topological polar surface area (TPSA) is 65.5 Å². The van der Waals surface area contributed by atoms with Gasteiger partial charge in [-0.1, -0.05) is 6.07 Å². The molecule has 0 atom stereocenters. The van der Waals surface area contributed by atoms with Gasteiger partial charge in [-0.25, -0.2) is 4.99 Å². The van der Waals surface area contributed by atoms with Crippen LogP contribution >= 0.6 is 22.7 Å². The summed E-state index contributed by atoms with van der Waals surface area (Å²) in [6, 6.07) is 5.80. The summed E-state index contributed by atoms with van der Waals surface area (Å²) in [6.07, 6.45) is 0.847. The van der Waals surface area contributed by atoms with Crippen molar-refractivity contribution in [2.24, 2.45) is 4.99 Å². The van der Waals surface area contributed by atoms with Gasteiger partial charge < -0.3 is 16.0 Å². The summed E-state index contributed by atoms with van der Waals surface area (Å²) in [7, 11) is 0. The Hall–Kier alpha value is -1.86. The molecule has 0 aliphatic rings. The molecule has 1 amide bonds. The van der Waals surface area contributed by atoms with E-state index in [-0.39, 0.29) is 5.91 Å². The van der Waals surface area contributed by atoms with Crippen molar-refractivity contribution >= 4 is 34.5 Å². The molecule has 0 fully saturated rings. The third-order valence-corrected chi connectivity index (χ3v) is 4.62. The third kappa shape index (κ3) is 6.42. The molecule has 0 saturated carbocycles. The van der Waals surface area contributed by atoms with Gasteiger partial charge in [-0.3, -0.25) is 4.79 Å². The zero-order valence-electron chi connectivity index (χ0n) is 13.2. The van der Waals surface area contributed by atoms with Gasteiger partial charge in [0.1, 0.15) is 0 Å². The first kappa shape index (κ1) is 17.5. The summed E-state index contributed by atoms with van der Waals surface area (Å²) in [5.41, 5.74) is 1.22. The molecule has 2 aromatic heterocycles. The quantitative estimate of drug-likeness (QED) is 0.390. The Morgan fingerprint density at radius 2 is 2.04 bits per heavy atom. The van der Waals surface area contributed by atoms with Crippen molar-refractivity contribution in [2.75, 3.05) is 19.6 Å². The fraction of sp³-hybridized carbons (Fsp3) is 0.375. The SMILES string of the molecule is CCNC(=NCc1ccsc1)NCCCNC(=O)c1cccs1. The number of thiophene rings is 2. The van der Waals surface area contributed by atoms with Crippen molar-refractivity contribution in [1.82, 2.24) is 16.0 Å². The molecule has 2 rings (SSSR count). The van der Waals surface area contributed by atoms with Crippen LogP contribution in [0.3, 0.4) is 0 Å². The van der Waals surface area contributed by atoms with Gasteiger partial charge in [0.05, 0.1) is 11.4 Å². The largest absolute Gasteiger partial charge is 0.357 e. The van der Waals surface area contributed by atoms with Gasteiger partial charge in [0.25, 0.3) is 5.91 Å². The van der Waals surface area contributed by atoms with Crippen LogP contribution in [0.2, 0.25) is 0 Å². The zero-order chi connectivity index (χ0) is 16.3. The fourth-order valence-corrected chi connectivity index (χ4v) is 3.19. The van der Waals surface area contributed by atoms with Gasteiger partial charge in [0.2, 0.25) is 0 Å². The summed E-state index contributed by atoms with van der Waals surface area (Å²) in [6.45, 7) is 4.95. The number of carbonyl (C=O) groups excluding carboxylic acids is 1. The molecule has 0 aromatic carbocycles. The first-order chi connectivity index (χ1) is 11.3. The van der Waals surface area contributed by atoms with Crippen molar-refractivity contribution in [1.29, 1.82) is 0 Å². The number of nitrogens with zero attached hydrogens (tertiary/aromatic N) is 1. The summed E-state index contributed by atoms with van der Waals surface area (Å²) in [4.78, 5) is 17.1. The maximum atomic E-state index is 11.8. The van der Waals surface area contributed by atoms with E-state index in [1.165, 1.54) is 16.9 Å². The minimum atomic E-state index is -0.00182. The Kier molecular flexibility index (Phi) is 7.62. The Labute approximate surface area is 144 Å². The molecule has 124 valence electrons. The van der Waals surface area contributed by atoms with E-state index < -0.39 is 0 Å². The molecule has 0 spiro atoms. The molecule has 0 aliphatic heterocycles. The minimum Gasteiger partial charge on any atom is -0.357 e. The van der Waals surface area contributed by atoms with Gasteiger partial charge in [-0.15, -0.1) is 11.3 Å². The normalized spacial score (nSPS) is 11.3. The minimum absolute atomic E-state index is 0.00182. The molecule has 0 unspecified atom stereocenters. The van der Waals surface area contributed by atoms with Crippen LogP contribution in [0.4, 0.5) is 0 Å². The molecule has 0 saturated heterocycles. The number of guanidine groups is 1. The Balaban J connectivity index is 1.65. The lowest BCUT2D eigenvalue weighted by atomic mass is 10.3. The second-order valence-electron chi connectivity index (χ2n) is 4.84. The molecule has 3 N–H and O–H groups in total. The number of hydrogen-bond acceptors (Lipinski definition) is 4. The van der Waals surface area contributed by atoms with E-state index in [0.717, 1.165) is 30.3 Å². The lowest BCUT2D eigenvalue weighted by Gasteiger charge is -2.11. The highest BCUT2D eigenvalue weighted by Gasteiger charge is 2.04. The fourth-order valence-electron chi connectivity index (χ4n) is 1.89. The van der Waals surface area contributed by atoms with Crippen LogP contribution in [0.25, 0.3) is 0 Å². The third-order valence-electron chi connectivity index (χ3n) is 3.02. The first-order valence-electron chi connectivity index (χ1n) is 7.64. The Morgan fingerprint density at radius 3 is 2.74 bits per heavy atom. The molecule has 2 aromatic rings. The highest BCUT2D eigenvalue weighted by Crippen LogP contribution is 2.07. The van der Waals surface area contributed by atoms with E-state index in [0.29, 0.717) is 13.1 Å². The smallest absolute Gasteiger partial charge is 0.261 e. The van der Waals surface area contributed by atoms with Crippen LogP contribution in [0.5, 0.6) is 0 Å². The molecule has 2 heterocycles. The predicted molar refractivity (Wildman–Crippen MR) is 98.4 cm³/mol.